The lowest BCUT2D eigenvalue weighted by Crippen LogP contribution is -2.24. The van der Waals surface area contributed by atoms with Gasteiger partial charge in [-0.25, -0.2) is 4.98 Å². The van der Waals surface area contributed by atoms with E-state index >= 15 is 0 Å². The number of aliphatic hydroxyl groups is 1. The fraction of sp³-hybridized carbons (Fsp3) is 0.500. The Hall–Kier alpha value is -0.410. The maximum Gasteiger partial charge on any atom is 0.112 e. The SMILES string of the molecule is CCC(O)(CC)c1cccnc1Br. The summed E-state index contributed by atoms with van der Waals surface area (Å²) in [7, 11) is 0. The third kappa shape index (κ3) is 2.09. The summed E-state index contributed by atoms with van der Waals surface area (Å²) in [6.07, 6.45) is 3.11. The molecule has 0 saturated carbocycles. The Morgan fingerprint density at radius 3 is 2.54 bits per heavy atom. The van der Waals surface area contributed by atoms with Gasteiger partial charge >= 0.3 is 0 Å². The molecule has 0 unspecified atom stereocenters. The van der Waals surface area contributed by atoms with Crippen LogP contribution in [0, 0.1) is 0 Å². The number of nitrogens with zero attached hydrogens (tertiary/aromatic N) is 1. The fourth-order valence-corrected chi connectivity index (χ4v) is 1.98. The Morgan fingerprint density at radius 2 is 2.08 bits per heavy atom. The highest BCUT2D eigenvalue weighted by molar-refractivity contribution is 9.10. The topological polar surface area (TPSA) is 33.1 Å². The lowest BCUT2D eigenvalue weighted by atomic mass is 9.90. The van der Waals surface area contributed by atoms with Crippen LogP contribution in [0.25, 0.3) is 0 Å². The third-order valence-corrected chi connectivity index (χ3v) is 3.06. The molecule has 0 amide bonds. The molecule has 13 heavy (non-hydrogen) atoms. The number of pyridine rings is 1. The van der Waals surface area contributed by atoms with Crippen molar-refractivity contribution in [1.29, 1.82) is 0 Å². The summed E-state index contributed by atoms with van der Waals surface area (Å²) in [6, 6.07) is 3.75. The van der Waals surface area contributed by atoms with Crippen LogP contribution in [0.3, 0.4) is 0 Å². The maximum absolute atomic E-state index is 10.2. The Bertz CT molecular complexity index is 284. The molecule has 0 aliphatic rings. The summed E-state index contributed by atoms with van der Waals surface area (Å²) < 4.78 is 0.737. The monoisotopic (exact) mass is 243 g/mol. The minimum Gasteiger partial charge on any atom is -0.385 e. The second-order valence-electron chi connectivity index (χ2n) is 3.08. The van der Waals surface area contributed by atoms with Crippen molar-refractivity contribution in [1.82, 2.24) is 4.98 Å². The van der Waals surface area contributed by atoms with Crippen LogP contribution >= 0.6 is 15.9 Å². The van der Waals surface area contributed by atoms with Crippen LogP contribution in [-0.4, -0.2) is 10.1 Å². The predicted molar refractivity (Wildman–Crippen MR) is 56.4 cm³/mol. The van der Waals surface area contributed by atoms with E-state index in [0.717, 1.165) is 10.2 Å². The molecule has 0 bridgehead atoms. The van der Waals surface area contributed by atoms with Crippen molar-refractivity contribution in [3.63, 3.8) is 0 Å². The fourth-order valence-electron chi connectivity index (χ4n) is 1.36. The minimum absolute atomic E-state index is 0.702. The van der Waals surface area contributed by atoms with E-state index in [0.29, 0.717) is 12.8 Å². The van der Waals surface area contributed by atoms with Crippen LogP contribution in [-0.2, 0) is 5.60 Å². The summed E-state index contributed by atoms with van der Waals surface area (Å²) in [5.41, 5.74) is 0.132. The van der Waals surface area contributed by atoms with E-state index in [-0.39, 0.29) is 0 Å². The van der Waals surface area contributed by atoms with Gasteiger partial charge in [-0.1, -0.05) is 19.9 Å². The van der Waals surface area contributed by atoms with E-state index in [1.165, 1.54) is 0 Å². The first-order valence-electron chi connectivity index (χ1n) is 4.47. The van der Waals surface area contributed by atoms with Gasteiger partial charge in [0.2, 0.25) is 0 Å². The zero-order valence-corrected chi connectivity index (χ0v) is 9.50. The summed E-state index contributed by atoms with van der Waals surface area (Å²) in [4.78, 5) is 4.10. The number of halogens is 1. The Labute approximate surface area is 87.1 Å². The lowest BCUT2D eigenvalue weighted by Gasteiger charge is -2.26. The van der Waals surface area contributed by atoms with Gasteiger partial charge in [0.15, 0.2) is 0 Å². The van der Waals surface area contributed by atoms with Gasteiger partial charge in [-0.05, 0) is 34.8 Å². The van der Waals surface area contributed by atoms with Gasteiger partial charge in [0.1, 0.15) is 4.60 Å². The van der Waals surface area contributed by atoms with Crippen molar-refractivity contribution in [2.24, 2.45) is 0 Å². The van der Waals surface area contributed by atoms with Crippen molar-refractivity contribution in [2.45, 2.75) is 32.3 Å². The Kier molecular flexibility index (Phi) is 3.45. The van der Waals surface area contributed by atoms with Crippen molar-refractivity contribution >= 4 is 15.9 Å². The molecule has 0 aromatic carbocycles. The molecule has 0 saturated heterocycles. The average Bonchev–Trinajstić information content (AvgIpc) is 2.17. The van der Waals surface area contributed by atoms with E-state index in [1.54, 1.807) is 6.20 Å². The van der Waals surface area contributed by atoms with Crippen molar-refractivity contribution in [3.8, 4) is 0 Å². The Morgan fingerprint density at radius 1 is 1.46 bits per heavy atom. The number of rotatable bonds is 3. The van der Waals surface area contributed by atoms with Crippen molar-refractivity contribution in [2.75, 3.05) is 0 Å². The van der Waals surface area contributed by atoms with Gasteiger partial charge in [-0.2, -0.15) is 0 Å². The maximum atomic E-state index is 10.2. The molecular formula is C10H14BrNO. The van der Waals surface area contributed by atoms with Gasteiger partial charge in [-0.3, -0.25) is 0 Å². The zero-order valence-electron chi connectivity index (χ0n) is 7.92. The number of aromatic nitrogens is 1. The number of hydrogen-bond donors (Lipinski definition) is 1. The van der Waals surface area contributed by atoms with Crippen molar-refractivity contribution in [3.05, 3.63) is 28.5 Å². The van der Waals surface area contributed by atoms with Crippen LogP contribution < -0.4 is 0 Å². The molecule has 0 atom stereocenters. The van der Waals surface area contributed by atoms with Gasteiger partial charge < -0.3 is 5.11 Å². The highest BCUT2D eigenvalue weighted by atomic mass is 79.9. The van der Waals surface area contributed by atoms with Crippen molar-refractivity contribution < 1.29 is 5.11 Å². The predicted octanol–water partition coefficient (Wildman–Crippen LogP) is 2.85. The van der Waals surface area contributed by atoms with Gasteiger partial charge in [-0.15, -0.1) is 0 Å². The first-order chi connectivity index (χ1) is 6.14. The minimum atomic E-state index is -0.743. The highest BCUT2D eigenvalue weighted by Gasteiger charge is 2.27. The molecule has 2 nitrogen and oxygen atoms in total. The summed E-state index contributed by atoms with van der Waals surface area (Å²) in [5.74, 6) is 0. The van der Waals surface area contributed by atoms with E-state index in [4.69, 9.17) is 0 Å². The average molecular weight is 244 g/mol. The van der Waals surface area contributed by atoms with Gasteiger partial charge in [0.25, 0.3) is 0 Å². The molecule has 1 rings (SSSR count). The van der Waals surface area contributed by atoms with Crippen LogP contribution in [0.5, 0.6) is 0 Å². The molecule has 1 heterocycles. The van der Waals surface area contributed by atoms with Crippen LogP contribution in [0.1, 0.15) is 32.3 Å². The largest absolute Gasteiger partial charge is 0.385 e. The van der Waals surface area contributed by atoms with Crippen LogP contribution in [0.4, 0.5) is 0 Å². The highest BCUT2D eigenvalue weighted by Crippen LogP contribution is 2.32. The molecule has 1 N–H and O–H groups in total. The summed E-state index contributed by atoms with van der Waals surface area (Å²) in [6.45, 7) is 3.95. The first kappa shape index (κ1) is 10.7. The molecule has 0 spiro atoms. The molecule has 72 valence electrons. The van der Waals surface area contributed by atoms with E-state index < -0.39 is 5.60 Å². The molecule has 0 aliphatic carbocycles. The lowest BCUT2D eigenvalue weighted by molar-refractivity contribution is 0.0272. The summed E-state index contributed by atoms with van der Waals surface area (Å²) in [5, 5.41) is 10.2. The molecule has 3 heteroatoms. The second kappa shape index (κ2) is 4.20. The normalized spacial score (nSPS) is 11.7. The number of hydrogen-bond acceptors (Lipinski definition) is 2. The standard InChI is InChI=1S/C10H14BrNO/c1-3-10(13,4-2)8-6-5-7-12-9(8)11/h5-7,13H,3-4H2,1-2H3. The van der Waals surface area contributed by atoms with E-state index in [2.05, 4.69) is 20.9 Å². The molecule has 0 aliphatic heterocycles. The molecule has 1 aromatic heterocycles. The first-order valence-corrected chi connectivity index (χ1v) is 5.26. The Balaban J connectivity index is 3.12. The molecular weight excluding hydrogens is 230 g/mol. The molecule has 0 fully saturated rings. The van der Waals surface area contributed by atoms with E-state index in [1.807, 2.05) is 26.0 Å². The van der Waals surface area contributed by atoms with E-state index in [9.17, 15) is 5.11 Å². The molecule has 0 radical (unpaired) electrons. The van der Waals surface area contributed by atoms with Crippen LogP contribution in [0.2, 0.25) is 0 Å². The second-order valence-corrected chi connectivity index (χ2v) is 3.83. The summed E-state index contributed by atoms with van der Waals surface area (Å²) >= 11 is 3.34. The van der Waals surface area contributed by atoms with Crippen LogP contribution in [0.15, 0.2) is 22.9 Å². The quantitative estimate of drug-likeness (QED) is 0.829. The van der Waals surface area contributed by atoms with Gasteiger partial charge in [0.05, 0.1) is 5.60 Å². The van der Waals surface area contributed by atoms with Gasteiger partial charge in [0, 0.05) is 11.8 Å². The smallest absolute Gasteiger partial charge is 0.112 e. The third-order valence-electron chi connectivity index (χ3n) is 2.43. The molecule has 1 aromatic rings. The zero-order chi connectivity index (χ0) is 9.90.